The normalized spacial score (nSPS) is 22.1. The molecule has 2 aromatic rings. The summed E-state index contributed by atoms with van der Waals surface area (Å²) in [4.78, 5) is 0.420. The maximum absolute atomic E-state index is 13.2. The predicted octanol–water partition coefficient (Wildman–Crippen LogP) is 5.35. The third-order valence-electron chi connectivity index (χ3n) is 4.67. The second-order valence-electron chi connectivity index (χ2n) is 6.56. The van der Waals surface area contributed by atoms with Crippen molar-refractivity contribution in [2.24, 2.45) is 0 Å². The average molecular weight is 352 g/mol. The lowest BCUT2D eigenvalue weighted by atomic mass is 9.99. The second kappa shape index (κ2) is 7.83. The van der Waals surface area contributed by atoms with Crippen molar-refractivity contribution in [2.75, 3.05) is 0 Å². The van der Waals surface area contributed by atoms with Crippen LogP contribution in [-0.2, 0) is 9.84 Å². The van der Waals surface area contributed by atoms with Gasteiger partial charge in [-0.1, -0.05) is 66.3 Å². The highest BCUT2D eigenvalue weighted by molar-refractivity contribution is 7.92. The summed E-state index contributed by atoms with van der Waals surface area (Å²) >= 11 is 0. The van der Waals surface area contributed by atoms with E-state index in [0.717, 1.165) is 29.5 Å². The Hall–Kier alpha value is -2.13. The molecule has 130 valence electrons. The molecular formula is C22H24O2S. The summed E-state index contributed by atoms with van der Waals surface area (Å²) in [5, 5.41) is -0.434. The molecule has 2 nitrogen and oxygen atoms in total. The fourth-order valence-electron chi connectivity index (χ4n) is 3.18. The van der Waals surface area contributed by atoms with Crippen molar-refractivity contribution in [3.63, 3.8) is 0 Å². The van der Waals surface area contributed by atoms with Gasteiger partial charge in [0.1, 0.15) is 0 Å². The van der Waals surface area contributed by atoms with Crippen LogP contribution in [0.4, 0.5) is 0 Å². The summed E-state index contributed by atoms with van der Waals surface area (Å²) < 4.78 is 26.4. The summed E-state index contributed by atoms with van der Waals surface area (Å²) in [6.45, 7) is 1.97. The van der Waals surface area contributed by atoms with Gasteiger partial charge in [0.25, 0.3) is 0 Å². The number of hydrogen-bond donors (Lipinski definition) is 0. The molecule has 3 rings (SSSR count). The average Bonchev–Trinajstić information content (AvgIpc) is 2.75. The van der Waals surface area contributed by atoms with E-state index >= 15 is 0 Å². The Morgan fingerprint density at radius 3 is 2.32 bits per heavy atom. The Bertz CT molecular complexity index is 860. The Morgan fingerprint density at radius 1 is 0.880 bits per heavy atom. The van der Waals surface area contributed by atoms with Crippen molar-refractivity contribution in [3.8, 4) is 0 Å². The predicted molar refractivity (Wildman–Crippen MR) is 104 cm³/mol. The van der Waals surface area contributed by atoms with Crippen LogP contribution >= 0.6 is 0 Å². The molecule has 25 heavy (non-hydrogen) atoms. The van der Waals surface area contributed by atoms with Crippen LogP contribution < -0.4 is 0 Å². The van der Waals surface area contributed by atoms with Gasteiger partial charge in [0, 0.05) is 0 Å². The van der Waals surface area contributed by atoms with Gasteiger partial charge in [-0.25, -0.2) is 8.42 Å². The Balaban J connectivity index is 1.96. The van der Waals surface area contributed by atoms with Gasteiger partial charge in [-0.3, -0.25) is 0 Å². The van der Waals surface area contributed by atoms with Gasteiger partial charge in [0.05, 0.1) is 10.1 Å². The molecule has 1 unspecified atom stereocenters. The lowest BCUT2D eigenvalue weighted by Crippen LogP contribution is -2.21. The van der Waals surface area contributed by atoms with Gasteiger partial charge in [-0.2, -0.15) is 0 Å². The van der Waals surface area contributed by atoms with Gasteiger partial charge >= 0.3 is 0 Å². The van der Waals surface area contributed by atoms with E-state index in [-0.39, 0.29) is 0 Å². The quantitative estimate of drug-likeness (QED) is 0.698. The lowest BCUT2D eigenvalue weighted by Gasteiger charge is -2.18. The molecule has 0 radical (unpaired) electrons. The third-order valence-corrected chi connectivity index (χ3v) is 6.84. The minimum absolute atomic E-state index is 0.420. The summed E-state index contributed by atoms with van der Waals surface area (Å²) in [6, 6.07) is 17.3. The fourth-order valence-corrected chi connectivity index (χ4v) is 4.84. The van der Waals surface area contributed by atoms with Crippen LogP contribution in [0.15, 0.2) is 77.7 Å². The van der Waals surface area contributed by atoms with Crippen LogP contribution in [0.25, 0.3) is 5.57 Å². The van der Waals surface area contributed by atoms with Crippen molar-refractivity contribution < 1.29 is 8.42 Å². The van der Waals surface area contributed by atoms with Crippen molar-refractivity contribution in [1.82, 2.24) is 0 Å². The molecule has 0 saturated carbocycles. The molecule has 0 N–H and O–H groups in total. The number of benzene rings is 2. The van der Waals surface area contributed by atoms with Crippen molar-refractivity contribution >= 4 is 15.4 Å². The maximum Gasteiger partial charge on any atom is 0.181 e. The second-order valence-corrected chi connectivity index (χ2v) is 8.79. The molecule has 0 saturated heterocycles. The standard InChI is InChI=1S/C22H24O2S/c1-18-13-15-21(16-14-18)25(23,24)22-12-8-3-2-5-11-20(17-22)19-9-6-4-7-10-19/h3-4,6-11,13-16,22H,2,5,12,17H2,1H3/b8-3-,20-11+. The third kappa shape index (κ3) is 4.29. The summed E-state index contributed by atoms with van der Waals surface area (Å²) in [5.41, 5.74) is 3.32. The van der Waals surface area contributed by atoms with E-state index < -0.39 is 15.1 Å². The van der Waals surface area contributed by atoms with Crippen molar-refractivity contribution in [2.45, 2.75) is 42.8 Å². The van der Waals surface area contributed by atoms with Gasteiger partial charge in [-0.15, -0.1) is 0 Å². The Labute approximate surface area is 150 Å². The fraction of sp³-hybridized carbons (Fsp3) is 0.273. The molecule has 0 heterocycles. The monoisotopic (exact) mass is 352 g/mol. The van der Waals surface area contributed by atoms with E-state index in [9.17, 15) is 8.42 Å². The molecule has 0 spiro atoms. The Morgan fingerprint density at radius 2 is 1.60 bits per heavy atom. The maximum atomic E-state index is 13.2. The molecule has 2 aromatic carbocycles. The first-order chi connectivity index (χ1) is 12.1. The first-order valence-electron chi connectivity index (χ1n) is 8.77. The first kappa shape index (κ1) is 17.7. The summed E-state index contributed by atoms with van der Waals surface area (Å²) in [7, 11) is -3.37. The first-order valence-corrected chi connectivity index (χ1v) is 10.3. The number of rotatable bonds is 3. The van der Waals surface area contributed by atoms with Gasteiger partial charge in [0.2, 0.25) is 0 Å². The SMILES string of the molecule is Cc1ccc(S(=O)(=O)C2C/C=C\CC/C=C(/c3ccccc3)C2)cc1. The Kier molecular flexibility index (Phi) is 5.54. The van der Waals surface area contributed by atoms with Crippen LogP contribution in [0.1, 0.15) is 36.8 Å². The molecule has 0 bridgehead atoms. The lowest BCUT2D eigenvalue weighted by molar-refractivity contribution is 0.579. The van der Waals surface area contributed by atoms with Crippen LogP contribution in [0.2, 0.25) is 0 Å². The zero-order chi connectivity index (χ0) is 17.7. The van der Waals surface area contributed by atoms with E-state index in [1.165, 1.54) is 0 Å². The van der Waals surface area contributed by atoms with Crippen LogP contribution in [-0.4, -0.2) is 13.7 Å². The van der Waals surface area contributed by atoms with Crippen LogP contribution in [0.5, 0.6) is 0 Å². The minimum atomic E-state index is -3.37. The summed E-state index contributed by atoms with van der Waals surface area (Å²) in [6.07, 6.45) is 9.32. The molecule has 0 amide bonds. The van der Waals surface area contributed by atoms with Crippen molar-refractivity contribution in [1.29, 1.82) is 0 Å². The van der Waals surface area contributed by atoms with Crippen molar-refractivity contribution in [3.05, 3.63) is 84.0 Å². The molecule has 1 atom stereocenters. The molecule has 1 aliphatic carbocycles. The van der Waals surface area contributed by atoms with Gasteiger partial charge in [-0.05, 0) is 55.9 Å². The molecule has 0 fully saturated rings. The van der Waals surface area contributed by atoms with Crippen LogP contribution in [0.3, 0.4) is 0 Å². The highest BCUT2D eigenvalue weighted by Gasteiger charge is 2.28. The molecule has 0 aliphatic heterocycles. The van der Waals surface area contributed by atoms with E-state index in [1.807, 2.05) is 43.3 Å². The van der Waals surface area contributed by atoms with E-state index in [0.29, 0.717) is 17.7 Å². The smallest absolute Gasteiger partial charge is 0.181 e. The van der Waals surface area contributed by atoms with E-state index in [2.05, 4.69) is 24.3 Å². The molecule has 3 heteroatoms. The number of allylic oxidation sites excluding steroid dienone is 4. The molecular weight excluding hydrogens is 328 g/mol. The minimum Gasteiger partial charge on any atom is -0.223 e. The largest absolute Gasteiger partial charge is 0.223 e. The zero-order valence-corrected chi connectivity index (χ0v) is 15.4. The topological polar surface area (TPSA) is 34.1 Å². The highest BCUT2D eigenvalue weighted by atomic mass is 32.2. The van der Waals surface area contributed by atoms with E-state index in [1.54, 1.807) is 12.1 Å². The van der Waals surface area contributed by atoms with Crippen LogP contribution in [0, 0.1) is 6.92 Å². The highest BCUT2D eigenvalue weighted by Crippen LogP contribution is 2.30. The zero-order valence-electron chi connectivity index (χ0n) is 14.6. The number of hydrogen-bond acceptors (Lipinski definition) is 2. The molecule has 0 aromatic heterocycles. The van der Waals surface area contributed by atoms with Gasteiger partial charge < -0.3 is 0 Å². The number of sulfone groups is 1. The summed E-state index contributed by atoms with van der Waals surface area (Å²) in [5.74, 6) is 0. The molecule has 1 aliphatic rings. The van der Waals surface area contributed by atoms with E-state index in [4.69, 9.17) is 0 Å². The number of aryl methyl sites for hydroxylation is 1. The van der Waals surface area contributed by atoms with Gasteiger partial charge in [0.15, 0.2) is 9.84 Å².